The molecule has 6 nitrogen and oxygen atoms in total. The molecule has 2 saturated heterocycles. The molecule has 1 aromatic carbocycles. The lowest BCUT2D eigenvalue weighted by molar-refractivity contribution is -0.136. The molecule has 2 amide bonds. The van der Waals surface area contributed by atoms with Crippen molar-refractivity contribution in [2.45, 2.75) is 44.2 Å². The molecule has 3 rings (SSSR count). The molecule has 0 aliphatic carbocycles. The molecule has 154 valence electrons. The van der Waals surface area contributed by atoms with Crippen LogP contribution in [0.3, 0.4) is 0 Å². The van der Waals surface area contributed by atoms with Crippen LogP contribution in [0.5, 0.6) is 0 Å². The lowest BCUT2D eigenvalue weighted by Gasteiger charge is -2.30. The summed E-state index contributed by atoms with van der Waals surface area (Å²) in [5.41, 5.74) is 0.955. The molecule has 7 heteroatoms. The van der Waals surface area contributed by atoms with E-state index in [0.29, 0.717) is 52.1 Å². The number of nitrogens with zero attached hydrogens (tertiary/aromatic N) is 2. The Labute approximate surface area is 166 Å². The minimum absolute atomic E-state index is 0.00516. The van der Waals surface area contributed by atoms with Crippen molar-refractivity contribution in [2.24, 2.45) is 0 Å². The SMILES string of the molecule is CN1[C@@H](CC(=O)N2CCOCC2)CC[C@H]1CNC(=O)CCc1ccc(F)cc1. The summed E-state index contributed by atoms with van der Waals surface area (Å²) in [6.07, 6.45) is 3.48. The van der Waals surface area contributed by atoms with E-state index in [4.69, 9.17) is 4.74 Å². The highest BCUT2D eigenvalue weighted by Gasteiger charge is 2.33. The third-order valence-corrected chi connectivity index (χ3v) is 5.85. The number of likely N-dealkylation sites (N-methyl/N-ethyl adjacent to an activating group) is 1. The molecule has 2 fully saturated rings. The van der Waals surface area contributed by atoms with Crippen LogP contribution >= 0.6 is 0 Å². The van der Waals surface area contributed by atoms with E-state index in [1.54, 1.807) is 12.1 Å². The molecule has 2 aliphatic rings. The topological polar surface area (TPSA) is 61.9 Å². The number of morpholine rings is 1. The van der Waals surface area contributed by atoms with Crippen LogP contribution in [0.1, 0.15) is 31.2 Å². The first-order valence-electron chi connectivity index (χ1n) is 10.1. The predicted octanol–water partition coefficient (Wildman–Crippen LogP) is 1.59. The summed E-state index contributed by atoms with van der Waals surface area (Å²) < 4.78 is 18.2. The zero-order valence-electron chi connectivity index (χ0n) is 16.5. The summed E-state index contributed by atoms with van der Waals surface area (Å²) in [5.74, 6) is -0.0613. The van der Waals surface area contributed by atoms with Gasteiger partial charge in [0.2, 0.25) is 11.8 Å². The minimum atomic E-state index is -0.265. The van der Waals surface area contributed by atoms with Crippen LogP contribution in [-0.4, -0.2) is 73.6 Å². The zero-order valence-corrected chi connectivity index (χ0v) is 16.5. The Morgan fingerprint density at radius 1 is 1.14 bits per heavy atom. The molecular formula is C21H30FN3O3. The quantitative estimate of drug-likeness (QED) is 0.767. The standard InChI is InChI=1S/C21H30FN3O3/c1-24-18(14-21(27)25-10-12-28-13-11-25)7-8-19(24)15-23-20(26)9-4-16-2-5-17(22)6-3-16/h2-3,5-6,18-19H,4,7-15H2,1H3,(H,23,26)/t18-,19+/m1/s1. The average molecular weight is 391 g/mol. The van der Waals surface area contributed by atoms with Gasteiger partial charge in [-0.05, 0) is 44.0 Å². The van der Waals surface area contributed by atoms with Gasteiger partial charge < -0.3 is 15.0 Å². The number of rotatable bonds is 7. The maximum absolute atomic E-state index is 12.9. The molecule has 2 aliphatic heterocycles. The summed E-state index contributed by atoms with van der Waals surface area (Å²) in [6.45, 7) is 3.21. The Hall–Kier alpha value is -1.99. The van der Waals surface area contributed by atoms with Gasteiger partial charge in [-0.3, -0.25) is 14.5 Å². The van der Waals surface area contributed by atoms with Gasteiger partial charge in [-0.15, -0.1) is 0 Å². The molecule has 0 saturated carbocycles. The van der Waals surface area contributed by atoms with Gasteiger partial charge in [0.15, 0.2) is 0 Å². The van der Waals surface area contributed by atoms with Crippen molar-refractivity contribution in [3.05, 3.63) is 35.6 Å². The van der Waals surface area contributed by atoms with E-state index < -0.39 is 0 Å². The average Bonchev–Trinajstić information content (AvgIpc) is 3.06. The van der Waals surface area contributed by atoms with Crippen molar-refractivity contribution in [1.29, 1.82) is 0 Å². The number of amides is 2. The molecule has 0 bridgehead atoms. The molecule has 0 spiro atoms. The maximum Gasteiger partial charge on any atom is 0.224 e. The third-order valence-electron chi connectivity index (χ3n) is 5.85. The van der Waals surface area contributed by atoms with Gasteiger partial charge in [0.25, 0.3) is 0 Å². The summed E-state index contributed by atoms with van der Waals surface area (Å²) in [6, 6.07) is 6.75. The van der Waals surface area contributed by atoms with Crippen molar-refractivity contribution in [3.8, 4) is 0 Å². The second-order valence-corrected chi connectivity index (χ2v) is 7.68. The largest absolute Gasteiger partial charge is 0.378 e. The Kier molecular flexibility index (Phi) is 7.39. The van der Waals surface area contributed by atoms with Crippen molar-refractivity contribution < 1.29 is 18.7 Å². The van der Waals surface area contributed by atoms with Gasteiger partial charge in [0.05, 0.1) is 13.2 Å². The summed E-state index contributed by atoms with van der Waals surface area (Å²) in [5, 5.41) is 3.01. The minimum Gasteiger partial charge on any atom is -0.378 e. The number of halogens is 1. The summed E-state index contributed by atoms with van der Waals surface area (Å²) in [4.78, 5) is 28.7. The van der Waals surface area contributed by atoms with Crippen molar-refractivity contribution in [2.75, 3.05) is 39.9 Å². The van der Waals surface area contributed by atoms with Gasteiger partial charge in [-0.25, -0.2) is 4.39 Å². The highest BCUT2D eigenvalue weighted by molar-refractivity contribution is 5.77. The Bertz CT molecular complexity index is 661. The van der Waals surface area contributed by atoms with E-state index in [0.717, 1.165) is 18.4 Å². The van der Waals surface area contributed by atoms with Crippen LogP contribution in [0.15, 0.2) is 24.3 Å². The predicted molar refractivity (Wildman–Crippen MR) is 104 cm³/mol. The number of carbonyl (C=O) groups excluding carboxylic acids is 2. The molecule has 0 radical (unpaired) electrons. The Balaban J connectivity index is 1.37. The number of likely N-dealkylation sites (tertiary alicyclic amines) is 1. The first-order chi connectivity index (χ1) is 13.5. The molecule has 2 heterocycles. The summed E-state index contributed by atoms with van der Waals surface area (Å²) >= 11 is 0. The zero-order chi connectivity index (χ0) is 19.9. The number of hydrogen-bond donors (Lipinski definition) is 1. The van der Waals surface area contributed by atoms with E-state index >= 15 is 0 Å². The molecule has 1 aromatic rings. The third kappa shape index (κ3) is 5.75. The van der Waals surface area contributed by atoms with Crippen LogP contribution in [-0.2, 0) is 20.7 Å². The van der Waals surface area contributed by atoms with Crippen molar-refractivity contribution >= 4 is 11.8 Å². The highest BCUT2D eigenvalue weighted by Crippen LogP contribution is 2.25. The molecule has 1 N–H and O–H groups in total. The highest BCUT2D eigenvalue weighted by atomic mass is 19.1. The number of hydrogen-bond acceptors (Lipinski definition) is 4. The normalized spacial score (nSPS) is 23.0. The molecular weight excluding hydrogens is 361 g/mol. The number of nitrogens with one attached hydrogen (secondary N) is 1. The Morgan fingerprint density at radius 3 is 2.54 bits per heavy atom. The fraction of sp³-hybridized carbons (Fsp3) is 0.619. The van der Waals surface area contributed by atoms with Gasteiger partial charge in [0, 0.05) is 44.6 Å². The van der Waals surface area contributed by atoms with Crippen LogP contribution in [0.2, 0.25) is 0 Å². The van der Waals surface area contributed by atoms with Crippen LogP contribution in [0.25, 0.3) is 0 Å². The molecule has 28 heavy (non-hydrogen) atoms. The van der Waals surface area contributed by atoms with Crippen molar-refractivity contribution in [1.82, 2.24) is 15.1 Å². The van der Waals surface area contributed by atoms with E-state index in [1.165, 1.54) is 12.1 Å². The number of benzene rings is 1. The van der Waals surface area contributed by atoms with Gasteiger partial charge >= 0.3 is 0 Å². The Morgan fingerprint density at radius 2 is 1.82 bits per heavy atom. The second kappa shape index (κ2) is 9.98. The van der Waals surface area contributed by atoms with E-state index in [-0.39, 0.29) is 29.7 Å². The van der Waals surface area contributed by atoms with E-state index in [2.05, 4.69) is 10.2 Å². The van der Waals surface area contributed by atoms with Crippen LogP contribution in [0, 0.1) is 5.82 Å². The molecule has 2 atom stereocenters. The smallest absolute Gasteiger partial charge is 0.224 e. The first-order valence-corrected chi connectivity index (χ1v) is 10.1. The van der Waals surface area contributed by atoms with Gasteiger partial charge in [0.1, 0.15) is 5.82 Å². The number of ether oxygens (including phenoxy) is 1. The summed E-state index contributed by atoms with van der Waals surface area (Å²) in [7, 11) is 2.04. The van der Waals surface area contributed by atoms with Crippen molar-refractivity contribution in [3.63, 3.8) is 0 Å². The van der Waals surface area contributed by atoms with E-state index in [9.17, 15) is 14.0 Å². The fourth-order valence-corrected chi connectivity index (χ4v) is 3.95. The number of carbonyl (C=O) groups is 2. The molecule has 0 aromatic heterocycles. The van der Waals surface area contributed by atoms with Gasteiger partial charge in [-0.1, -0.05) is 12.1 Å². The number of aryl methyl sites for hydroxylation is 1. The molecule has 0 unspecified atom stereocenters. The fourth-order valence-electron chi connectivity index (χ4n) is 3.95. The van der Waals surface area contributed by atoms with Crippen LogP contribution < -0.4 is 5.32 Å². The van der Waals surface area contributed by atoms with Gasteiger partial charge in [-0.2, -0.15) is 0 Å². The lowest BCUT2D eigenvalue weighted by Crippen LogP contribution is -2.45. The lowest BCUT2D eigenvalue weighted by atomic mass is 10.1. The monoisotopic (exact) mass is 391 g/mol. The first kappa shape index (κ1) is 20.7. The second-order valence-electron chi connectivity index (χ2n) is 7.68. The van der Waals surface area contributed by atoms with Crippen LogP contribution in [0.4, 0.5) is 4.39 Å². The van der Waals surface area contributed by atoms with E-state index in [1.807, 2.05) is 11.9 Å². The maximum atomic E-state index is 12.9.